The number of pyridine rings is 1. The lowest BCUT2D eigenvalue weighted by molar-refractivity contribution is -0.117. The summed E-state index contributed by atoms with van der Waals surface area (Å²) in [5, 5.41) is 11.5. The van der Waals surface area contributed by atoms with Crippen LogP contribution in [0.25, 0.3) is 11.7 Å². The molecule has 3 aromatic rings. The van der Waals surface area contributed by atoms with Crippen LogP contribution in [-0.4, -0.2) is 32.5 Å². The number of thioether (sulfide) groups is 1. The van der Waals surface area contributed by atoms with Crippen LogP contribution in [0, 0.1) is 0 Å². The predicted octanol–water partition coefficient (Wildman–Crippen LogP) is 4.12. The van der Waals surface area contributed by atoms with Gasteiger partial charge in [-0.2, -0.15) is 11.8 Å². The van der Waals surface area contributed by atoms with E-state index in [0.29, 0.717) is 0 Å². The second-order valence-electron chi connectivity index (χ2n) is 5.72. The standard InChI is InChI=1S/C19H19BrN4OS/c1-26-12-10-16(19-23-22-17-7-2-3-11-24(17)19)21-18(25)9-8-14-5-4-6-15(20)13-14/h2-9,11,13,16H,10,12H2,1H3,(H,21,25)/b9-8+/t16-/m0/s1. The third-order valence-corrected chi connectivity index (χ3v) is 4.99. The molecule has 1 N–H and O–H groups in total. The molecule has 0 aliphatic carbocycles. The zero-order valence-electron chi connectivity index (χ0n) is 14.3. The van der Waals surface area contributed by atoms with E-state index in [1.165, 1.54) is 0 Å². The van der Waals surface area contributed by atoms with Gasteiger partial charge in [0.25, 0.3) is 0 Å². The van der Waals surface area contributed by atoms with E-state index in [1.54, 1.807) is 23.9 Å². The molecule has 26 heavy (non-hydrogen) atoms. The fourth-order valence-corrected chi connectivity index (χ4v) is 3.49. The smallest absolute Gasteiger partial charge is 0.244 e. The zero-order valence-corrected chi connectivity index (χ0v) is 16.7. The molecule has 0 fully saturated rings. The van der Waals surface area contributed by atoms with Crippen LogP contribution < -0.4 is 5.32 Å². The van der Waals surface area contributed by atoms with Crippen molar-refractivity contribution in [3.8, 4) is 0 Å². The molecule has 3 rings (SSSR count). The monoisotopic (exact) mass is 430 g/mol. The summed E-state index contributed by atoms with van der Waals surface area (Å²) >= 11 is 5.17. The van der Waals surface area contributed by atoms with Gasteiger partial charge in [0, 0.05) is 16.7 Å². The maximum absolute atomic E-state index is 12.4. The van der Waals surface area contributed by atoms with E-state index in [4.69, 9.17) is 0 Å². The van der Waals surface area contributed by atoms with Crippen molar-refractivity contribution >= 4 is 45.3 Å². The molecule has 5 nitrogen and oxygen atoms in total. The third kappa shape index (κ3) is 4.74. The fourth-order valence-electron chi connectivity index (χ4n) is 2.60. The molecule has 134 valence electrons. The summed E-state index contributed by atoms with van der Waals surface area (Å²) in [6.07, 6.45) is 8.10. The van der Waals surface area contributed by atoms with E-state index in [-0.39, 0.29) is 11.9 Å². The lowest BCUT2D eigenvalue weighted by atomic mass is 10.2. The number of halogens is 1. The molecule has 0 saturated carbocycles. The van der Waals surface area contributed by atoms with Crippen molar-refractivity contribution in [2.45, 2.75) is 12.5 Å². The van der Waals surface area contributed by atoms with Gasteiger partial charge in [-0.3, -0.25) is 9.20 Å². The Hall–Kier alpha value is -2.12. The van der Waals surface area contributed by atoms with Crippen LogP contribution in [0.3, 0.4) is 0 Å². The van der Waals surface area contributed by atoms with E-state index < -0.39 is 0 Å². The highest BCUT2D eigenvalue weighted by atomic mass is 79.9. The van der Waals surface area contributed by atoms with Crippen molar-refractivity contribution in [3.63, 3.8) is 0 Å². The van der Waals surface area contributed by atoms with Gasteiger partial charge in [0.2, 0.25) is 5.91 Å². The van der Waals surface area contributed by atoms with Crippen molar-refractivity contribution in [2.75, 3.05) is 12.0 Å². The number of aromatic nitrogens is 3. The molecule has 0 bridgehead atoms. The van der Waals surface area contributed by atoms with Crippen molar-refractivity contribution in [3.05, 3.63) is 70.6 Å². The first kappa shape index (κ1) is 18.7. The van der Waals surface area contributed by atoms with E-state index in [2.05, 4.69) is 31.4 Å². The topological polar surface area (TPSA) is 59.3 Å². The summed E-state index contributed by atoms with van der Waals surface area (Å²) in [5.74, 6) is 1.52. The molecule has 0 saturated heterocycles. The molecule has 7 heteroatoms. The number of carbonyl (C=O) groups is 1. The summed E-state index contributed by atoms with van der Waals surface area (Å²) in [6, 6.07) is 13.4. The summed E-state index contributed by atoms with van der Waals surface area (Å²) in [7, 11) is 0. The van der Waals surface area contributed by atoms with Gasteiger partial charge in [-0.05, 0) is 54.3 Å². The van der Waals surface area contributed by atoms with E-state index >= 15 is 0 Å². The first-order chi connectivity index (χ1) is 12.7. The SMILES string of the molecule is CSCC[C@H](NC(=O)/C=C/c1cccc(Br)c1)c1nnc2ccccn12. The van der Waals surface area contributed by atoms with Gasteiger partial charge in [-0.15, -0.1) is 10.2 Å². The first-order valence-corrected chi connectivity index (χ1v) is 10.4. The van der Waals surface area contributed by atoms with Crippen LogP contribution >= 0.6 is 27.7 Å². The Balaban J connectivity index is 1.77. The van der Waals surface area contributed by atoms with Gasteiger partial charge in [-0.1, -0.05) is 34.1 Å². The number of benzene rings is 1. The fraction of sp³-hybridized carbons (Fsp3) is 0.211. The van der Waals surface area contributed by atoms with Gasteiger partial charge in [0.05, 0.1) is 6.04 Å². The third-order valence-electron chi connectivity index (χ3n) is 3.85. The average molecular weight is 431 g/mol. The Kier molecular flexibility index (Phi) is 6.46. The van der Waals surface area contributed by atoms with Gasteiger partial charge >= 0.3 is 0 Å². The molecular formula is C19H19BrN4OS. The molecular weight excluding hydrogens is 412 g/mol. The average Bonchev–Trinajstić information content (AvgIpc) is 3.07. The number of hydrogen-bond donors (Lipinski definition) is 1. The van der Waals surface area contributed by atoms with Crippen LogP contribution in [0.2, 0.25) is 0 Å². The number of hydrogen-bond acceptors (Lipinski definition) is 4. The highest BCUT2D eigenvalue weighted by molar-refractivity contribution is 9.10. The molecule has 0 spiro atoms. The van der Waals surface area contributed by atoms with Crippen molar-refractivity contribution in [2.24, 2.45) is 0 Å². The number of fused-ring (bicyclic) bond motifs is 1. The minimum absolute atomic E-state index is 0.149. The summed E-state index contributed by atoms with van der Waals surface area (Å²) in [5.41, 5.74) is 1.73. The number of nitrogens with zero attached hydrogens (tertiary/aromatic N) is 3. The highest BCUT2D eigenvalue weighted by Gasteiger charge is 2.19. The van der Waals surface area contributed by atoms with Crippen molar-refractivity contribution < 1.29 is 4.79 Å². The van der Waals surface area contributed by atoms with Crippen molar-refractivity contribution in [1.82, 2.24) is 19.9 Å². The molecule has 0 aliphatic heterocycles. The lowest BCUT2D eigenvalue weighted by Crippen LogP contribution is -2.29. The number of carbonyl (C=O) groups excluding carboxylic acids is 1. The van der Waals surface area contributed by atoms with Gasteiger partial charge in [0.15, 0.2) is 11.5 Å². The quantitative estimate of drug-likeness (QED) is 0.572. The van der Waals surface area contributed by atoms with Gasteiger partial charge in [-0.25, -0.2) is 0 Å². The Morgan fingerprint density at radius 1 is 1.31 bits per heavy atom. The molecule has 2 aromatic heterocycles. The minimum atomic E-state index is -0.195. The Bertz CT molecular complexity index is 925. The van der Waals surface area contributed by atoms with Crippen LogP contribution in [-0.2, 0) is 4.79 Å². The molecule has 1 amide bonds. The number of amides is 1. The maximum Gasteiger partial charge on any atom is 0.244 e. The molecule has 0 radical (unpaired) electrons. The van der Waals surface area contributed by atoms with Crippen LogP contribution in [0.4, 0.5) is 0 Å². The van der Waals surface area contributed by atoms with E-state index in [9.17, 15) is 4.79 Å². The molecule has 0 unspecified atom stereocenters. The highest BCUT2D eigenvalue weighted by Crippen LogP contribution is 2.18. The van der Waals surface area contributed by atoms with Gasteiger partial charge < -0.3 is 5.32 Å². The Morgan fingerprint density at radius 3 is 3.00 bits per heavy atom. The first-order valence-electron chi connectivity index (χ1n) is 8.20. The maximum atomic E-state index is 12.4. The Labute approximate surface area is 165 Å². The normalized spacial score (nSPS) is 12.5. The summed E-state index contributed by atoms with van der Waals surface area (Å²) in [4.78, 5) is 12.4. The second-order valence-corrected chi connectivity index (χ2v) is 7.62. The zero-order chi connectivity index (χ0) is 18.4. The van der Waals surface area contributed by atoms with E-state index in [0.717, 1.165) is 33.7 Å². The minimum Gasteiger partial charge on any atom is -0.342 e. The summed E-state index contributed by atoms with van der Waals surface area (Å²) in [6.45, 7) is 0. The predicted molar refractivity (Wildman–Crippen MR) is 110 cm³/mol. The number of nitrogens with one attached hydrogen (secondary N) is 1. The molecule has 1 aromatic carbocycles. The van der Waals surface area contributed by atoms with Crippen LogP contribution in [0.5, 0.6) is 0 Å². The molecule has 2 heterocycles. The molecule has 1 atom stereocenters. The van der Waals surface area contributed by atoms with Crippen molar-refractivity contribution in [1.29, 1.82) is 0 Å². The molecule has 0 aliphatic rings. The second kappa shape index (κ2) is 9.00. The van der Waals surface area contributed by atoms with E-state index in [1.807, 2.05) is 59.3 Å². The Morgan fingerprint density at radius 2 is 2.19 bits per heavy atom. The van der Waals surface area contributed by atoms with Crippen LogP contribution in [0.15, 0.2) is 59.2 Å². The number of rotatable bonds is 7. The van der Waals surface area contributed by atoms with Crippen LogP contribution in [0.1, 0.15) is 23.9 Å². The van der Waals surface area contributed by atoms with Gasteiger partial charge in [0.1, 0.15) is 0 Å². The summed E-state index contributed by atoms with van der Waals surface area (Å²) < 4.78 is 2.90. The largest absolute Gasteiger partial charge is 0.342 e. The lowest BCUT2D eigenvalue weighted by Gasteiger charge is -2.16.